The Morgan fingerprint density at radius 3 is 2.45 bits per heavy atom. The van der Waals surface area contributed by atoms with Crippen LogP contribution in [0.3, 0.4) is 0 Å². The van der Waals surface area contributed by atoms with E-state index in [9.17, 15) is 10.1 Å². The number of nitriles is 1. The van der Waals surface area contributed by atoms with Gasteiger partial charge in [0.15, 0.2) is 0 Å². The van der Waals surface area contributed by atoms with Crippen molar-refractivity contribution in [1.29, 1.82) is 5.26 Å². The second kappa shape index (κ2) is 8.62. The molecule has 0 aliphatic carbocycles. The van der Waals surface area contributed by atoms with Crippen LogP contribution >= 0.6 is 11.8 Å². The molecule has 0 radical (unpaired) electrons. The molecule has 0 amide bonds. The summed E-state index contributed by atoms with van der Waals surface area (Å²) >= 11 is 1.37. The second-order valence-electron chi connectivity index (χ2n) is 7.11. The normalized spacial score (nSPS) is 10.8. The third kappa shape index (κ3) is 3.78. The van der Waals surface area contributed by atoms with Crippen molar-refractivity contribution >= 4 is 28.6 Å². The minimum Gasteiger partial charge on any atom is -0.351 e. The molecule has 2 heterocycles. The molecule has 0 aliphatic rings. The van der Waals surface area contributed by atoms with Crippen molar-refractivity contribution in [2.24, 2.45) is 0 Å². The number of fused-ring (bicyclic) bond motifs is 1. The zero-order valence-electron chi connectivity index (χ0n) is 17.5. The molecule has 6 nitrogen and oxygen atoms in total. The van der Waals surface area contributed by atoms with Gasteiger partial charge in [0.1, 0.15) is 22.2 Å². The highest BCUT2D eigenvalue weighted by molar-refractivity contribution is 7.98. The zero-order valence-corrected chi connectivity index (χ0v) is 18.3. The number of hydrogen-bond donors (Lipinski definition) is 1. The molecule has 0 bridgehead atoms. The smallest absolute Gasteiger partial charge is 0.269 e. The molecule has 0 fully saturated rings. The molecular formula is C24H21N5OS. The van der Waals surface area contributed by atoms with Crippen molar-refractivity contribution in [3.8, 4) is 11.8 Å². The van der Waals surface area contributed by atoms with Crippen molar-refractivity contribution < 1.29 is 0 Å². The van der Waals surface area contributed by atoms with Gasteiger partial charge in [0.25, 0.3) is 5.56 Å². The first kappa shape index (κ1) is 20.6. The van der Waals surface area contributed by atoms with Gasteiger partial charge in [-0.2, -0.15) is 5.26 Å². The zero-order chi connectivity index (χ0) is 22.0. The minimum atomic E-state index is -0.252. The highest BCUT2D eigenvalue weighted by atomic mass is 32.2. The standard InChI is InChI=1S/C24H21N5OS/c1-15-9-7-8-10-17(15)14-26-24-28-21-19(13-25)22(31-3)27-16(2)20(21)23(30)29(24)18-11-5-4-6-12-18/h4-12H,14H2,1-3H3,(H,26,28). The van der Waals surface area contributed by atoms with E-state index in [0.717, 1.165) is 11.1 Å². The van der Waals surface area contributed by atoms with Crippen molar-refractivity contribution in [1.82, 2.24) is 14.5 Å². The number of aromatic nitrogens is 3. The Hall–Kier alpha value is -3.63. The predicted molar refractivity (Wildman–Crippen MR) is 125 cm³/mol. The Labute approximate surface area is 184 Å². The molecule has 1 N–H and O–H groups in total. The van der Waals surface area contributed by atoms with Crippen LogP contribution in [-0.2, 0) is 6.54 Å². The molecule has 2 aromatic heterocycles. The average Bonchev–Trinajstić information content (AvgIpc) is 2.78. The van der Waals surface area contributed by atoms with Crippen LogP contribution in [0.5, 0.6) is 0 Å². The van der Waals surface area contributed by atoms with E-state index in [2.05, 4.69) is 16.4 Å². The van der Waals surface area contributed by atoms with Crippen LogP contribution in [0.2, 0.25) is 0 Å². The number of anilines is 1. The van der Waals surface area contributed by atoms with Crippen LogP contribution in [-0.4, -0.2) is 20.8 Å². The largest absolute Gasteiger partial charge is 0.351 e. The average molecular weight is 428 g/mol. The number of nitrogens with one attached hydrogen (secondary N) is 1. The molecule has 31 heavy (non-hydrogen) atoms. The van der Waals surface area contributed by atoms with Gasteiger partial charge >= 0.3 is 0 Å². The van der Waals surface area contributed by atoms with Gasteiger partial charge in [-0.15, -0.1) is 11.8 Å². The van der Waals surface area contributed by atoms with Gasteiger partial charge in [-0.1, -0.05) is 42.5 Å². The SMILES string of the molecule is CSc1nc(C)c2c(=O)n(-c3ccccc3)c(NCc3ccccc3C)nc2c1C#N. The molecule has 7 heteroatoms. The van der Waals surface area contributed by atoms with Gasteiger partial charge in [0, 0.05) is 6.54 Å². The fourth-order valence-corrected chi connectivity index (χ4v) is 4.13. The molecule has 2 aromatic carbocycles. The summed E-state index contributed by atoms with van der Waals surface area (Å²) in [4.78, 5) is 22.9. The molecule has 4 rings (SSSR count). The molecule has 154 valence electrons. The Morgan fingerprint density at radius 2 is 1.77 bits per heavy atom. The highest BCUT2D eigenvalue weighted by Gasteiger charge is 2.20. The summed E-state index contributed by atoms with van der Waals surface area (Å²) in [6.45, 7) is 4.32. The van der Waals surface area contributed by atoms with E-state index in [1.165, 1.54) is 11.8 Å². The molecule has 0 saturated heterocycles. The van der Waals surface area contributed by atoms with E-state index in [1.54, 1.807) is 11.5 Å². The molecular weight excluding hydrogens is 406 g/mol. The maximum Gasteiger partial charge on any atom is 0.269 e. The lowest BCUT2D eigenvalue weighted by Crippen LogP contribution is -2.25. The number of rotatable bonds is 5. The summed E-state index contributed by atoms with van der Waals surface area (Å²) in [5.41, 5.74) is 3.96. The van der Waals surface area contributed by atoms with Crippen LogP contribution in [0.25, 0.3) is 16.6 Å². The first-order chi connectivity index (χ1) is 15.0. The van der Waals surface area contributed by atoms with Gasteiger partial charge in [-0.3, -0.25) is 4.79 Å². The van der Waals surface area contributed by atoms with Gasteiger partial charge in [0.05, 0.1) is 16.8 Å². The topological polar surface area (TPSA) is 83.6 Å². The minimum absolute atomic E-state index is 0.252. The summed E-state index contributed by atoms with van der Waals surface area (Å²) in [5, 5.41) is 14.0. The van der Waals surface area contributed by atoms with Gasteiger partial charge < -0.3 is 5.32 Å². The molecule has 0 spiro atoms. The maximum absolute atomic E-state index is 13.6. The number of hydrogen-bond acceptors (Lipinski definition) is 6. The van der Waals surface area contributed by atoms with Crippen LogP contribution in [0, 0.1) is 25.2 Å². The van der Waals surface area contributed by atoms with E-state index >= 15 is 0 Å². The molecule has 0 atom stereocenters. The van der Waals surface area contributed by atoms with E-state index in [4.69, 9.17) is 4.98 Å². The summed E-state index contributed by atoms with van der Waals surface area (Å²) in [7, 11) is 0. The Morgan fingerprint density at radius 1 is 1.06 bits per heavy atom. The van der Waals surface area contributed by atoms with Gasteiger partial charge in [-0.25, -0.2) is 14.5 Å². The maximum atomic E-state index is 13.6. The number of pyridine rings is 1. The molecule has 4 aromatic rings. The number of aryl methyl sites for hydroxylation is 2. The Balaban J connectivity index is 1.99. The van der Waals surface area contributed by atoms with Crippen molar-refractivity contribution in [2.75, 3.05) is 11.6 Å². The summed E-state index contributed by atoms with van der Waals surface area (Å²) in [6.07, 6.45) is 1.86. The van der Waals surface area contributed by atoms with Crippen LogP contribution in [0.15, 0.2) is 64.4 Å². The monoisotopic (exact) mass is 427 g/mol. The van der Waals surface area contributed by atoms with Crippen molar-refractivity contribution in [3.05, 3.63) is 87.3 Å². The quantitative estimate of drug-likeness (QED) is 0.469. The Kier molecular flexibility index (Phi) is 5.74. The van der Waals surface area contributed by atoms with Crippen LogP contribution in [0.1, 0.15) is 22.4 Å². The van der Waals surface area contributed by atoms with Crippen molar-refractivity contribution in [3.63, 3.8) is 0 Å². The Bertz CT molecular complexity index is 1370. The number of benzene rings is 2. The predicted octanol–water partition coefficient (Wildman–Crippen LogP) is 4.60. The fraction of sp³-hybridized carbons (Fsp3) is 0.167. The molecule has 0 saturated carbocycles. The fourth-order valence-electron chi connectivity index (χ4n) is 3.56. The van der Waals surface area contributed by atoms with Gasteiger partial charge in [-0.05, 0) is 43.4 Å². The highest BCUT2D eigenvalue weighted by Crippen LogP contribution is 2.27. The lowest BCUT2D eigenvalue weighted by Gasteiger charge is -2.17. The van der Waals surface area contributed by atoms with E-state index in [1.807, 2.05) is 67.8 Å². The van der Waals surface area contributed by atoms with E-state index < -0.39 is 0 Å². The van der Waals surface area contributed by atoms with E-state index in [0.29, 0.717) is 45.4 Å². The third-order valence-corrected chi connectivity index (χ3v) is 5.86. The van der Waals surface area contributed by atoms with Crippen LogP contribution in [0.4, 0.5) is 5.95 Å². The number of para-hydroxylation sites is 1. The van der Waals surface area contributed by atoms with Gasteiger partial charge in [0.2, 0.25) is 5.95 Å². The summed E-state index contributed by atoms with van der Waals surface area (Å²) in [5.74, 6) is 0.390. The van der Waals surface area contributed by atoms with E-state index in [-0.39, 0.29) is 5.56 Å². The number of thioether (sulfide) groups is 1. The van der Waals surface area contributed by atoms with Crippen molar-refractivity contribution in [2.45, 2.75) is 25.4 Å². The summed E-state index contributed by atoms with van der Waals surface area (Å²) in [6, 6.07) is 19.6. The summed E-state index contributed by atoms with van der Waals surface area (Å²) < 4.78 is 1.55. The third-order valence-electron chi connectivity index (χ3n) is 5.18. The lowest BCUT2D eigenvalue weighted by molar-refractivity contribution is 0.925. The van der Waals surface area contributed by atoms with Crippen LogP contribution < -0.4 is 10.9 Å². The molecule has 0 aliphatic heterocycles. The molecule has 0 unspecified atom stereocenters. The first-order valence-corrected chi connectivity index (χ1v) is 11.0. The second-order valence-corrected chi connectivity index (χ2v) is 7.90. The first-order valence-electron chi connectivity index (χ1n) is 9.80. The lowest BCUT2D eigenvalue weighted by atomic mass is 10.1. The number of nitrogens with zero attached hydrogens (tertiary/aromatic N) is 4.